The van der Waals surface area contributed by atoms with E-state index < -0.39 is 5.92 Å². The van der Waals surface area contributed by atoms with Crippen molar-refractivity contribution in [2.45, 2.75) is 37.8 Å². The van der Waals surface area contributed by atoms with E-state index in [0.29, 0.717) is 12.1 Å². The van der Waals surface area contributed by atoms with Crippen LogP contribution in [0.3, 0.4) is 0 Å². The minimum Gasteiger partial charge on any atom is -0.352 e. The highest BCUT2D eigenvalue weighted by Gasteiger charge is 2.48. The van der Waals surface area contributed by atoms with E-state index in [-0.39, 0.29) is 23.9 Å². The van der Waals surface area contributed by atoms with Crippen molar-refractivity contribution in [2.75, 3.05) is 6.54 Å². The Morgan fingerprint density at radius 2 is 2.00 bits per heavy atom. The molecule has 2 amide bonds. The largest absolute Gasteiger partial charge is 0.352 e. The Hall–Kier alpha value is -2.88. The van der Waals surface area contributed by atoms with Crippen LogP contribution >= 0.6 is 0 Å². The minimum absolute atomic E-state index is 0.0346. The van der Waals surface area contributed by atoms with Gasteiger partial charge in [0.25, 0.3) is 5.91 Å². The van der Waals surface area contributed by atoms with Crippen molar-refractivity contribution in [3.05, 3.63) is 83.4 Å². The van der Waals surface area contributed by atoms with Crippen LogP contribution in [0.5, 0.6) is 0 Å². The summed E-state index contributed by atoms with van der Waals surface area (Å²) in [6, 6.07) is 15.6. The summed E-state index contributed by atoms with van der Waals surface area (Å²) in [5, 5.41) is 2.96. The summed E-state index contributed by atoms with van der Waals surface area (Å²) in [5.41, 5.74) is 3.60. The number of nitrogens with zero attached hydrogens (tertiary/aromatic N) is 1. The Kier molecular flexibility index (Phi) is 4.56. The third kappa shape index (κ3) is 3.16. The van der Waals surface area contributed by atoms with Gasteiger partial charge in [-0.1, -0.05) is 54.1 Å². The van der Waals surface area contributed by atoms with Crippen LogP contribution < -0.4 is 5.32 Å². The standard InChI is InChI=1S/C23H24N2O2/c1-3-13-24-22(26)20-18-9-4-5-10-19(18)23(27)25(17-11-12-17)21(20)16-8-6-7-15(2)14-16/h3-10,14,17,20-21H,1,11-13H2,2H3,(H,24,26)/t20-,21-/m0/s1. The van der Waals surface area contributed by atoms with E-state index in [9.17, 15) is 9.59 Å². The second-order valence-electron chi connectivity index (χ2n) is 7.40. The molecule has 1 aliphatic heterocycles. The number of aryl methyl sites for hydroxylation is 1. The molecular weight excluding hydrogens is 336 g/mol. The van der Waals surface area contributed by atoms with E-state index in [0.717, 1.165) is 29.5 Å². The normalized spacial score (nSPS) is 21.5. The molecular formula is C23H24N2O2. The molecule has 2 atom stereocenters. The van der Waals surface area contributed by atoms with Crippen LogP contribution in [0.25, 0.3) is 0 Å². The molecule has 1 aliphatic carbocycles. The maximum absolute atomic E-state index is 13.3. The van der Waals surface area contributed by atoms with Crippen molar-refractivity contribution in [3.63, 3.8) is 0 Å². The number of rotatable bonds is 5. The van der Waals surface area contributed by atoms with Crippen LogP contribution in [0, 0.1) is 6.92 Å². The average molecular weight is 360 g/mol. The van der Waals surface area contributed by atoms with Crippen LogP contribution in [0.4, 0.5) is 0 Å². The zero-order chi connectivity index (χ0) is 19.0. The fourth-order valence-electron chi connectivity index (χ4n) is 4.08. The van der Waals surface area contributed by atoms with E-state index >= 15 is 0 Å². The highest BCUT2D eigenvalue weighted by molar-refractivity contribution is 6.01. The van der Waals surface area contributed by atoms with Gasteiger partial charge in [0.2, 0.25) is 5.91 Å². The average Bonchev–Trinajstić information content (AvgIpc) is 3.51. The molecule has 4 nitrogen and oxygen atoms in total. The fraction of sp³-hybridized carbons (Fsp3) is 0.304. The Bertz CT molecular complexity index is 901. The molecule has 0 spiro atoms. The van der Waals surface area contributed by atoms with E-state index in [1.807, 2.05) is 54.3 Å². The second kappa shape index (κ2) is 7.03. The first kappa shape index (κ1) is 17.5. The van der Waals surface area contributed by atoms with Gasteiger partial charge in [-0.2, -0.15) is 0 Å². The van der Waals surface area contributed by atoms with Gasteiger partial charge in [0, 0.05) is 18.2 Å². The molecule has 0 saturated heterocycles. The van der Waals surface area contributed by atoms with Gasteiger partial charge in [-0.25, -0.2) is 0 Å². The van der Waals surface area contributed by atoms with Crippen LogP contribution in [-0.4, -0.2) is 29.3 Å². The molecule has 0 aromatic heterocycles. The first-order chi connectivity index (χ1) is 13.1. The Morgan fingerprint density at radius 3 is 2.70 bits per heavy atom. The highest BCUT2D eigenvalue weighted by atomic mass is 16.2. The summed E-state index contributed by atoms with van der Waals surface area (Å²) in [6.07, 6.45) is 3.67. The maximum Gasteiger partial charge on any atom is 0.254 e. The zero-order valence-electron chi connectivity index (χ0n) is 15.5. The molecule has 1 saturated carbocycles. The van der Waals surface area contributed by atoms with E-state index in [4.69, 9.17) is 0 Å². The van der Waals surface area contributed by atoms with Crippen LogP contribution in [-0.2, 0) is 4.79 Å². The molecule has 138 valence electrons. The lowest BCUT2D eigenvalue weighted by Crippen LogP contribution is -2.48. The molecule has 0 radical (unpaired) electrons. The van der Waals surface area contributed by atoms with Gasteiger partial charge in [0.1, 0.15) is 0 Å². The lowest BCUT2D eigenvalue weighted by atomic mass is 9.78. The first-order valence-corrected chi connectivity index (χ1v) is 9.48. The summed E-state index contributed by atoms with van der Waals surface area (Å²) >= 11 is 0. The fourth-order valence-corrected chi connectivity index (χ4v) is 4.08. The number of hydrogen-bond acceptors (Lipinski definition) is 2. The van der Waals surface area contributed by atoms with Crippen molar-refractivity contribution in [2.24, 2.45) is 0 Å². The van der Waals surface area contributed by atoms with Gasteiger partial charge in [0.05, 0.1) is 12.0 Å². The number of carbonyl (C=O) groups excluding carboxylic acids is 2. The van der Waals surface area contributed by atoms with E-state index in [1.54, 1.807) is 6.08 Å². The highest BCUT2D eigenvalue weighted by Crippen LogP contribution is 2.47. The number of carbonyl (C=O) groups is 2. The van der Waals surface area contributed by atoms with Crippen molar-refractivity contribution < 1.29 is 9.59 Å². The second-order valence-corrected chi connectivity index (χ2v) is 7.40. The molecule has 4 rings (SSSR count). The summed E-state index contributed by atoms with van der Waals surface area (Å²) in [5.74, 6) is -0.458. The molecule has 2 aromatic rings. The molecule has 1 fully saturated rings. The summed E-state index contributed by atoms with van der Waals surface area (Å²) in [6.45, 7) is 6.15. The van der Waals surface area contributed by atoms with Crippen LogP contribution in [0.2, 0.25) is 0 Å². The first-order valence-electron chi connectivity index (χ1n) is 9.48. The number of benzene rings is 2. The number of amides is 2. The Morgan fingerprint density at radius 1 is 1.22 bits per heavy atom. The van der Waals surface area contributed by atoms with E-state index in [1.165, 1.54) is 0 Å². The summed E-state index contributed by atoms with van der Waals surface area (Å²) < 4.78 is 0. The number of hydrogen-bond donors (Lipinski definition) is 1. The van der Waals surface area contributed by atoms with Crippen molar-refractivity contribution in [1.82, 2.24) is 10.2 Å². The topological polar surface area (TPSA) is 49.4 Å². The number of nitrogens with one attached hydrogen (secondary N) is 1. The predicted molar refractivity (Wildman–Crippen MR) is 106 cm³/mol. The predicted octanol–water partition coefficient (Wildman–Crippen LogP) is 3.74. The molecule has 1 heterocycles. The molecule has 0 bridgehead atoms. The van der Waals surface area contributed by atoms with Gasteiger partial charge in [-0.05, 0) is 37.0 Å². The zero-order valence-corrected chi connectivity index (χ0v) is 15.5. The Balaban J connectivity index is 1.88. The maximum atomic E-state index is 13.3. The van der Waals surface area contributed by atoms with Crippen LogP contribution in [0.15, 0.2) is 61.2 Å². The monoisotopic (exact) mass is 360 g/mol. The smallest absolute Gasteiger partial charge is 0.254 e. The lowest BCUT2D eigenvalue weighted by Gasteiger charge is -2.42. The quantitative estimate of drug-likeness (QED) is 0.826. The third-order valence-electron chi connectivity index (χ3n) is 5.40. The third-order valence-corrected chi connectivity index (χ3v) is 5.40. The van der Waals surface area contributed by atoms with Gasteiger partial charge < -0.3 is 10.2 Å². The molecule has 0 unspecified atom stereocenters. The molecule has 4 heteroatoms. The van der Waals surface area contributed by atoms with Gasteiger partial charge in [-0.3, -0.25) is 9.59 Å². The molecule has 1 N–H and O–H groups in total. The van der Waals surface area contributed by atoms with Gasteiger partial charge in [-0.15, -0.1) is 6.58 Å². The molecule has 2 aromatic carbocycles. The minimum atomic E-state index is -0.429. The van der Waals surface area contributed by atoms with Crippen molar-refractivity contribution >= 4 is 11.8 Å². The number of fused-ring (bicyclic) bond motifs is 1. The van der Waals surface area contributed by atoms with Crippen molar-refractivity contribution in [1.29, 1.82) is 0 Å². The summed E-state index contributed by atoms with van der Waals surface area (Å²) in [4.78, 5) is 28.5. The Labute approximate surface area is 159 Å². The SMILES string of the molecule is C=CCNC(=O)[C@H]1c2ccccc2C(=O)N(C2CC2)[C@H]1c1cccc(C)c1. The van der Waals surface area contributed by atoms with Crippen molar-refractivity contribution in [3.8, 4) is 0 Å². The van der Waals surface area contributed by atoms with Gasteiger partial charge in [0.15, 0.2) is 0 Å². The molecule has 27 heavy (non-hydrogen) atoms. The lowest BCUT2D eigenvalue weighted by molar-refractivity contribution is -0.124. The van der Waals surface area contributed by atoms with Gasteiger partial charge >= 0.3 is 0 Å². The van der Waals surface area contributed by atoms with Crippen LogP contribution in [0.1, 0.15) is 51.8 Å². The molecule has 2 aliphatic rings. The summed E-state index contributed by atoms with van der Waals surface area (Å²) in [7, 11) is 0. The van der Waals surface area contributed by atoms with E-state index in [2.05, 4.69) is 18.0 Å².